The van der Waals surface area contributed by atoms with E-state index in [-0.39, 0.29) is 11.7 Å². The molecule has 1 fully saturated rings. The Hall–Kier alpha value is -1.71. The number of rotatable bonds is 2. The second-order valence-corrected chi connectivity index (χ2v) is 5.32. The lowest BCUT2D eigenvalue weighted by atomic mass is 9.95. The van der Waals surface area contributed by atoms with Crippen LogP contribution in [0.5, 0.6) is 5.75 Å². The van der Waals surface area contributed by atoms with Crippen molar-refractivity contribution >= 4 is 11.6 Å². The highest BCUT2D eigenvalue weighted by molar-refractivity contribution is 5.95. The van der Waals surface area contributed by atoms with Gasteiger partial charge in [0.1, 0.15) is 5.75 Å². The molecule has 0 radical (unpaired) electrons. The van der Waals surface area contributed by atoms with Crippen LogP contribution in [0.3, 0.4) is 0 Å². The maximum atomic E-state index is 12.3. The molecule has 1 aliphatic rings. The zero-order valence-electron chi connectivity index (χ0n) is 10.9. The molecule has 1 amide bonds. The molecule has 0 spiro atoms. The Kier molecular flexibility index (Phi) is 3.45. The molecule has 1 heterocycles. The van der Waals surface area contributed by atoms with E-state index in [1.54, 1.807) is 12.1 Å². The van der Waals surface area contributed by atoms with Crippen molar-refractivity contribution in [3.8, 4) is 5.75 Å². The van der Waals surface area contributed by atoms with Crippen molar-refractivity contribution in [1.29, 1.82) is 0 Å². The Labute approximate surface area is 107 Å². The first-order chi connectivity index (χ1) is 8.49. The van der Waals surface area contributed by atoms with Crippen LogP contribution in [0.1, 0.15) is 30.6 Å². The maximum absolute atomic E-state index is 12.3. The SMILES string of the molecule is CC(C)C1CCN(C(=O)c2ccc(N)c(O)c2)C1. The Morgan fingerprint density at radius 3 is 2.78 bits per heavy atom. The van der Waals surface area contributed by atoms with Gasteiger partial charge in [-0.25, -0.2) is 0 Å². The van der Waals surface area contributed by atoms with Crippen molar-refractivity contribution in [2.24, 2.45) is 11.8 Å². The zero-order chi connectivity index (χ0) is 13.3. The number of carbonyl (C=O) groups is 1. The molecule has 0 aliphatic carbocycles. The number of anilines is 1. The maximum Gasteiger partial charge on any atom is 0.253 e. The molecular weight excluding hydrogens is 228 g/mol. The Morgan fingerprint density at radius 2 is 2.22 bits per heavy atom. The van der Waals surface area contributed by atoms with E-state index in [2.05, 4.69) is 13.8 Å². The smallest absolute Gasteiger partial charge is 0.253 e. The third kappa shape index (κ3) is 2.42. The van der Waals surface area contributed by atoms with E-state index in [0.717, 1.165) is 19.5 Å². The molecule has 4 heteroatoms. The summed E-state index contributed by atoms with van der Waals surface area (Å²) in [6.07, 6.45) is 1.06. The molecule has 4 nitrogen and oxygen atoms in total. The fourth-order valence-electron chi connectivity index (χ4n) is 2.38. The van der Waals surface area contributed by atoms with Crippen LogP contribution in [-0.4, -0.2) is 29.0 Å². The predicted octanol–water partition coefficient (Wildman–Crippen LogP) is 2.09. The number of nitrogens with zero attached hydrogens (tertiary/aromatic N) is 1. The van der Waals surface area contributed by atoms with Gasteiger partial charge in [0.15, 0.2) is 0 Å². The van der Waals surface area contributed by atoms with Crippen LogP contribution in [0.2, 0.25) is 0 Å². The number of phenols is 1. The van der Waals surface area contributed by atoms with Gasteiger partial charge in [0.25, 0.3) is 5.91 Å². The molecule has 0 saturated carbocycles. The van der Waals surface area contributed by atoms with Crippen LogP contribution in [0, 0.1) is 11.8 Å². The van der Waals surface area contributed by atoms with E-state index < -0.39 is 0 Å². The van der Waals surface area contributed by atoms with E-state index >= 15 is 0 Å². The number of amides is 1. The van der Waals surface area contributed by atoms with Crippen molar-refractivity contribution in [2.45, 2.75) is 20.3 Å². The third-order valence-corrected chi connectivity index (χ3v) is 3.73. The summed E-state index contributed by atoms with van der Waals surface area (Å²) in [5.41, 5.74) is 6.33. The molecule has 3 N–H and O–H groups in total. The average Bonchev–Trinajstić information content (AvgIpc) is 2.81. The number of nitrogen functional groups attached to an aromatic ring is 1. The monoisotopic (exact) mass is 248 g/mol. The Bertz CT molecular complexity index is 457. The molecule has 1 aliphatic heterocycles. The summed E-state index contributed by atoms with van der Waals surface area (Å²) < 4.78 is 0. The number of carbonyl (C=O) groups excluding carboxylic acids is 1. The molecule has 1 atom stereocenters. The van der Waals surface area contributed by atoms with Crippen LogP contribution >= 0.6 is 0 Å². The lowest BCUT2D eigenvalue weighted by molar-refractivity contribution is 0.0783. The second kappa shape index (κ2) is 4.88. The van der Waals surface area contributed by atoms with Gasteiger partial charge < -0.3 is 15.7 Å². The molecule has 0 bridgehead atoms. The van der Waals surface area contributed by atoms with E-state index in [1.807, 2.05) is 4.90 Å². The molecule has 1 aromatic rings. The molecule has 18 heavy (non-hydrogen) atoms. The van der Waals surface area contributed by atoms with Crippen molar-refractivity contribution in [2.75, 3.05) is 18.8 Å². The van der Waals surface area contributed by atoms with Crippen LogP contribution in [0.15, 0.2) is 18.2 Å². The van der Waals surface area contributed by atoms with Crippen LogP contribution in [0.4, 0.5) is 5.69 Å². The minimum atomic E-state index is -0.0274. The highest BCUT2D eigenvalue weighted by Gasteiger charge is 2.28. The van der Waals surface area contributed by atoms with Gasteiger partial charge in [0.05, 0.1) is 5.69 Å². The fourth-order valence-corrected chi connectivity index (χ4v) is 2.38. The molecule has 1 unspecified atom stereocenters. The summed E-state index contributed by atoms with van der Waals surface area (Å²) in [6, 6.07) is 4.68. The molecule has 2 rings (SSSR count). The van der Waals surface area contributed by atoms with E-state index in [0.29, 0.717) is 23.1 Å². The van der Waals surface area contributed by atoms with Gasteiger partial charge in [-0.2, -0.15) is 0 Å². The van der Waals surface area contributed by atoms with Crippen LogP contribution in [0.25, 0.3) is 0 Å². The Morgan fingerprint density at radius 1 is 1.50 bits per heavy atom. The lowest BCUT2D eigenvalue weighted by Crippen LogP contribution is -2.29. The van der Waals surface area contributed by atoms with E-state index in [4.69, 9.17) is 5.73 Å². The summed E-state index contributed by atoms with van der Waals surface area (Å²) in [5.74, 6) is 1.13. The van der Waals surface area contributed by atoms with Gasteiger partial charge in [0, 0.05) is 18.7 Å². The summed E-state index contributed by atoms with van der Waals surface area (Å²) >= 11 is 0. The number of hydrogen-bond donors (Lipinski definition) is 2. The van der Waals surface area contributed by atoms with Crippen LogP contribution in [-0.2, 0) is 0 Å². The summed E-state index contributed by atoms with van der Waals surface area (Å²) in [4.78, 5) is 14.1. The van der Waals surface area contributed by atoms with Gasteiger partial charge >= 0.3 is 0 Å². The summed E-state index contributed by atoms with van der Waals surface area (Å²) in [6.45, 7) is 5.98. The minimum Gasteiger partial charge on any atom is -0.506 e. The minimum absolute atomic E-state index is 0.0200. The van der Waals surface area contributed by atoms with Crippen molar-refractivity contribution < 1.29 is 9.90 Å². The molecule has 1 aromatic carbocycles. The third-order valence-electron chi connectivity index (χ3n) is 3.73. The number of benzene rings is 1. The molecule has 0 aromatic heterocycles. The van der Waals surface area contributed by atoms with Gasteiger partial charge in [-0.1, -0.05) is 13.8 Å². The number of nitrogens with two attached hydrogens (primary N) is 1. The van der Waals surface area contributed by atoms with Gasteiger partial charge in [-0.3, -0.25) is 4.79 Å². The highest BCUT2D eigenvalue weighted by Crippen LogP contribution is 2.26. The van der Waals surface area contributed by atoms with Crippen molar-refractivity contribution in [1.82, 2.24) is 4.90 Å². The van der Waals surface area contributed by atoms with Gasteiger partial charge in [-0.05, 0) is 36.5 Å². The summed E-state index contributed by atoms with van der Waals surface area (Å²) in [7, 11) is 0. The van der Waals surface area contributed by atoms with E-state index in [1.165, 1.54) is 6.07 Å². The Balaban J connectivity index is 2.10. The lowest BCUT2D eigenvalue weighted by Gasteiger charge is -2.18. The molecule has 98 valence electrons. The molecule has 1 saturated heterocycles. The predicted molar refractivity (Wildman–Crippen MR) is 71.4 cm³/mol. The van der Waals surface area contributed by atoms with Crippen molar-refractivity contribution in [3.05, 3.63) is 23.8 Å². The first-order valence-corrected chi connectivity index (χ1v) is 6.37. The topological polar surface area (TPSA) is 66.6 Å². The summed E-state index contributed by atoms with van der Waals surface area (Å²) in [5, 5.41) is 9.54. The zero-order valence-corrected chi connectivity index (χ0v) is 10.9. The number of likely N-dealkylation sites (tertiary alicyclic amines) is 1. The fraction of sp³-hybridized carbons (Fsp3) is 0.500. The first kappa shape index (κ1) is 12.7. The number of hydrogen-bond acceptors (Lipinski definition) is 3. The highest BCUT2D eigenvalue weighted by atomic mass is 16.3. The molecular formula is C14H20N2O2. The average molecular weight is 248 g/mol. The normalized spacial score (nSPS) is 19.5. The second-order valence-electron chi connectivity index (χ2n) is 5.32. The largest absolute Gasteiger partial charge is 0.506 e. The van der Waals surface area contributed by atoms with Gasteiger partial charge in [-0.15, -0.1) is 0 Å². The standard InChI is InChI=1S/C14H20N2O2/c1-9(2)11-5-6-16(8-11)14(18)10-3-4-12(15)13(17)7-10/h3-4,7,9,11,17H,5-6,8,15H2,1-2H3. The van der Waals surface area contributed by atoms with Gasteiger partial charge in [0.2, 0.25) is 0 Å². The number of aromatic hydroxyl groups is 1. The van der Waals surface area contributed by atoms with Crippen molar-refractivity contribution in [3.63, 3.8) is 0 Å². The first-order valence-electron chi connectivity index (χ1n) is 6.37. The number of phenolic OH excluding ortho intramolecular Hbond substituents is 1. The van der Waals surface area contributed by atoms with Crippen LogP contribution < -0.4 is 5.73 Å². The quantitative estimate of drug-likeness (QED) is 0.622. The van der Waals surface area contributed by atoms with E-state index in [9.17, 15) is 9.90 Å².